The minimum atomic E-state index is -0.0649. The molecule has 0 unspecified atom stereocenters. The van der Waals surface area contributed by atoms with Gasteiger partial charge in [-0.25, -0.2) is 4.79 Å². The molecule has 1 aliphatic heterocycles. The van der Waals surface area contributed by atoms with E-state index in [1.54, 1.807) is 28.4 Å². The van der Waals surface area contributed by atoms with Gasteiger partial charge >= 0.3 is 6.03 Å². The summed E-state index contributed by atoms with van der Waals surface area (Å²) in [4.78, 5) is 18.1. The van der Waals surface area contributed by atoms with E-state index < -0.39 is 0 Å². The molecule has 2 aromatic carbocycles. The summed E-state index contributed by atoms with van der Waals surface area (Å²) in [6.45, 7) is 3.36. The zero-order valence-corrected chi connectivity index (χ0v) is 22.2. The van der Waals surface area contributed by atoms with Crippen LogP contribution in [-0.4, -0.2) is 83.2 Å². The van der Waals surface area contributed by atoms with Crippen LogP contribution in [0.3, 0.4) is 0 Å². The zero-order valence-electron chi connectivity index (χ0n) is 21.4. The molecule has 8 nitrogen and oxygen atoms in total. The lowest BCUT2D eigenvalue weighted by Gasteiger charge is -2.22. The number of fused-ring (bicyclic) bond motifs is 1. The highest BCUT2D eigenvalue weighted by molar-refractivity contribution is 7.99. The molecule has 0 spiro atoms. The van der Waals surface area contributed by atoms with Gasteiger partial charge in [0.2, 0.25) is 0 Å². The number of ether oxygens (including phenoxy) is 4. The molecule has 0 radical (unpaired) electrons. The first-order chi connectivity index (χ1) is 17.0. The van der Waals surface area contributed by atoms with E-state index in [4.69, 9.17) is 18.9 Å². The second kappa shape index (κ2) is 13.3. The topological polar surface area (TPSA) is 72.5 Å². The van der Waals surface area contributed by atoms with E-state index in [0.29, 0.717) is 18.0 Å². The van der Waals surface area contributed by atoms with E-state index in [1.165, 1.54) is 4.90 Å². The van der Waals surface area contributed by atoms with Gasteiger partial charge < -0.3 is 34.1 Å². The van der Waals surface area contributed by atoms with Crippen LogP contribution in [0.5, 0.6) is 23.0 Å². The molecule has 0 aliphatic carbocycles. The van der Waals surface area contributed by atoms with Crippen LogP contribution in [0.4, 0.5) is 10.5 Å². The first-order valence-corrected chi connectivity index (χ1v) is 12.8. The first kappa shape index (κ1) is 26.8. The van der Waals surface area contributed by atoms with E-state index in [2.05, 4.69) is 23.3 Å². The number of hydrogen-bond donors (Lipinski definition) is 1. The van der Waals surface area contributed by atoms with E-state index in [0.717, 1.165) is 67.4 Å². The van der Waals surface area contributed by atoms with E-state index in [-0.39, 0.29) is 6.03 Å². The fourth-order valence-corrected chi connectivity index (χ4v) is 4.95. The highest BCUT2D eigenvalue weighted by atomic mass is 32.2. The molecule has 0 atom stereocenters. The van der Waals surface area contributed by atoms with Crippen LogP contribution in [0, 0.1) is 0 Å². The van der Waals surface area contributed by atoms with Crippen molar-refractivity contribution in [1.82, 2.24) is 9.80 Å². The Labute approximate surface area is 212 Å². The molecule has 1 aliphatic rings. The predicted molar refractivity (Wildman–Crippen MR) is 141 cm³/mol. The zero-order chi connectivity index (χ0) is 25.2. The number of carbonyl (C=O) groups excluding carboxylic acids is 1. The van der Waals surface area contributed by atoms with Crippen molar-refractivity contribution in [2.75, 3.05) is 72.7 Å². The molecule has 9 heteroatoms. The number of nitrogens with one attached hydrogen (secondary N) is 1. The van der Waals surface area contributed by atoms with E-state index >= 15 is 0 Å². The van der Waals surface area contributed by atoms with Crippen molar-refractivity contribution in [2.45, 2.75) is 24.2 Å². The van der Waals surface area contributed by atoms with Gasteiger partial charge in [-0.2, -0.15) is 0 Å². The van der Waals surface area contributed by atoms with E-state index in [9.17, 15) is 4.79 Å². The molecular weight excluding hydrogens is 466 g/mol. The number of thioether (sulfide) groups is 1. The van der Waals surface area contributed by atoms with Crippen LogP contribution >= 0.6 is 11.8 Å². The van der Waals surface area contributed by atoms with Gasteiger partial charge in [0, 0.05) is 29.7 Å². The second-order valence-electron chi connectivity index (χ2n) is 8.41. The van der Waals surface area contributed by atoms with Crippen molar-refractivity contribution in [3.63, 3.8) is 0 Å². The third-order valence-corrected chi connectivity index (χ3v) is 7.15. The fraction of sp³-hybridized carbons (Fsp3) is 0.500. The molecule has 2 aromatic rings. The van der Waals surface area contributed by atoms with Crippen molar-refractivity contribution in [3.05, 3.63) is 35.9 Å². The number of benzene rings is 2. The molecule has 0 aromatic heterocycles. The molecule has 1 N–H and O–H groups in total. The number of urea groups is 1. The summed E-state index contributed by atoms with van der Waals surface area (Å²) >= 11 is 1.82. The Balaban J connectivity index is 1.38. The van der Waals surface area contributed by atoms with Gasteiger partial charge in [0.15, 0.2) is 23.0 Å². The monoisotopic (exact) mass is 503 g/mol. The van der Waals surface area contributed by atoms with Crippen LogP contribution in [0.25, 0.3) is 0 Å². The SMILES string of the molecule is COc1ccc(SCCCN(C)CCCN2CCc3cc(OC)c(OC)cc3NC2=O)cc1OC. The Hall–Kier alpha value is -2.78. The van der Waals surface area contributed by atoms with Crippen LogP contribution < -0.4 is 24.3 Å². The molecule has 3 rings (SSSR count). The van der Waals surface area contributed by atoms with Crippen LogP contribution in [0.1, 0.15) is 18.4 Å². The summed E-state index contributed by atoms with van der Waals surface area (Å²) in [5, 5.41) is 3.03. The normalized spacial score (nSPS) is 13.2. The summed E-state index contributed by atoms with van der Waals surface area (Å²) < 4.78 is 21.5. The average Bonchev–Trinajstić information content (AvgIpc) is 3.03. The van der Waals surface area contributed by atoms with Crippen LogP contribution in [0.2, 0.25) is 0 Å². The summed E-state index contributed by atoms with van der Waals surface area (Å²) in [5.74, 6) is 3.83. The van der Waals surface area contributed by atoms with Gasteiger partial charge in [-0.05, 0) is 75.0 Å². The van der Waals surface area contributed by atoms with Gasteiger partial charge in [0.25, 0.3) is 0 Å². The summed E-state index contributed by atoms with van der Waals surface area (Å²) in [6.07, 6.45) is 2.78. The maximum atomic E-state index is 12.7. The maximum Gasteiger partial charge on any atom is 0.321 e. The van der Waals surface area contributed by atoms with Crippen molar-refractivity contribution in [3.8, 4) is 23.0 Å². The lowest BCUT2D eigenvalue weighted by molar-refractivity contribution is 0.208. The number of hydrogen-bond acceptors (Lipinski definition) is 7. The average molecular weight is 504 g/mol. The number of rotatable bonds is 13. The highest BCUT2D eigenvalue weighted by Crippen LogP contribution is 2.35. The number of amides is 2. The largest absolute Gasteiger partial charge is 0.493 e. The second-order valence-corrected chi connectivity index (χ2v) is 9.58. The smallest absolute Gasteiger partial charge is 0.321 e. The Morgan fingerprint density at radius 1 is 0.914 bits per heavy atom. The van der Waals surface area contributed by atoms with Crippen molar-refractivity contribution in [2.24, 2.45) is 0 Å². The van der Waals surface area contributed by atoms with Gasteiger partial charge in [-0.3, -0.25) is 0 Å². The fourth-order valence-electron chi connectivity index (χ4n) is 4.08. The van der Waals surface area contributed by atoms with Crippen molar-refractivity contribution < 1.29 is 23.7 Å². The maximum absolute atomic E-state index is 12.7. The molecule has 0 bridgehead atoms. The molecule has 2 amide bonds. The number of carbonyl (C=O) groups is 1. The number of methoxy groups -OCH3 is 4. The Kier molecular flexibility index (Phi) is 10.2. The Morgan fingerprint density at radius 3 is 2.29 bits per heavy atom. The van der Waals surface area contributed by atoms with Gasteiger partial charge in [-0.1, -0.05) is 0 Å². The quantitative estimate of drug-likeness (QED) is 0.316. The third-order valence-electron chi connectivity index (χ3n) is 6.07. The molecule has 0 saturated carbocycles. The molecule has 0 fully saturated rings. The van der Waals surface area contributed by atoms with Gasteiger partial charge in [0.05, 0.1) is 28.4 Å². The third kappa shape index (κ3) is 7.35. The molecule has 0 saturated heterocycles. The highest BCUT2D eigenvalue weighted by Gasteiger charge is 2.22. The van der Waals surface area contributed by atoms with Gasteiger partial charge in [0.1, 0.15) is 0 Å². The Bertz CT molecular complexity index is 988. The number of anilines is 1. The van der Waals surface area contributed by atoms with Crippen molar-refractivity contribution >= 4 is 23.5 Å². The lowest BCUT2D eigenvalue weighted by atomic mass is 10.1. The lowest BCUT2D eigenvalue weighted by Crippen LogP contribution is -2.36. The minimum absolute atomic E-state index is 0.0649. The van der Waals surface area contributed by atoms with E-state index in [1.807, 2.05) is 40.9 Å². The summed E-state index contributed by atoms with van der Waals surface area (Å²) in [7, 11) is 8.66. The summed E-state index contributed by atoms with van der Waals surface area (Å²) in [6, 6.07) is 9.74. The van der Waals surface area contributed by atoms with Crippen LogP contribution in [-0.2, 0) is 6.42 Å². The molecular formula is C26H37N3O5S. The van der Waals surface area contributed by atoms with Crippen LogP contribution in [0.15, 0.2) is 35.2 Å². The number of nitrogens with zero attached hydrogens (tertiary/aromatic N) is 2. The van der Waals surface area contributed by atoms with Gasteiger partial charge in [-0.15, -0.1) is 11.8 Å². The predicted octanol–water partition coefficient (Wildman–Crippen LogP) is 4.62. The standard InChI is InChI=1S/C26H37N3O5S/c1-28(12-7-15-35-20-8-9-22(31-2)24(17-20)33-4)11-6-13-29-14-10-19-16-23(32-3)25(34-5)18-21(19)27-26(29)30/h8-9,16-18H,6-7,10-15H2,1-5H3,(H,27,30). The molecule has 1 heterocycles. The molecule has 35 heavy (non-hydrogen) atoms. The van der Waals surface area contributed by atoms with Crippen molar-refractivity contribution in [1.29, 1.82) is 0 Å². The summed E-state index contributed by atoms with van der Waals surface area (Å²) in [5.41, 5.74) is 1.85. The minimum Gasteiger partial charge on any atom is -0.493 e. The molecule has 192 valence electrons. The Morgan fingerprint density at radius 2 is 1.57 bits per heavy atom. The first-order valence-electron chi connectivity index (χ1n) is 11.8.